The van der Waals surface area contributed by atoms with Crippen molar-refractivity contribution < 1.29 is 23.5 Å². The van der Waals surface area contributed by atoms with Crippen LogP contribution in [0.4, 0.5) is 4.79 Å². The van der Waals surface area contributed by atoms with Gasteiger partial charge in [-0.1, -0.05) is 18.2 Å². The molecule has 1 atom stereocenters. The molecule has 14 heavy (non-hydrogen) atoms. The first kappa shape index (κ1) is 10.8. The fourth-order valence-corrected chi connectivity index (χ4v) is 1.47. The Labute approximate surface area is 80.8 Å². The van der Waals surface area contributed by atoms with Crippen molar-refractivity contribution in [3.63, 3.8) is 0 Å². The molecule has 0 spiro atoms. The van der Waals surface area contributed by atoms with Gasteiger partial charge in [0.1, 0.15) is 5.75 Å². The van der Waals surface area contributed by atoms with Crippen LogP contribution >= 0.6 is 7.60 Å². The molecular formula is C8H8O5P-. The molecule has 0 bridgehead atoms. The third-order valence-corrected chi connectivity index (χ3v) is 2.45. The lowest BCUT2D eigenvalue weighted by Crippen LogP contribution is -2.16. The molecule has 0 heterocycles. The van der Waals surface area contributed by atoms with Gasteiger partial charge in [-0.2, -0.15) is 0 Å². The van der Waals surface area contributed by atoms with Gasteiger partial charge in [0.15, 0.2) is 0 Å². The van der Waals surface area contributed by atoms with Gasteiger partial charge in [0.05, 0.1) is 7.11 Å². The van der Waals surface area contributed by atoms with Crippen LogP contribution in [0.3, 0.4) is 0 Å². The van der Waals surface area contributed by atoms with E-state index in [9.17, 15) is 14.3 Å². The van der Waals surface area contributed by atoms with E-state index in [1.54, 1.807) is 18.2 Å². The van der Waals surface area contributed by atoms with Gasteiger partial charge in [0.25, 0.3) is 7.60 Å². The summed E-state index contributed by atoms with van der Waals surface area (Å²) in [5.41, 5.74) is -1.39. The summed E-state index contributed by atoms with van der Waals surface area (Å²) in [6.07, 6.45) is 0. The molecular weight excluding hydrogens is 207 g/mol. The molecule has 0 saturated heterocycles. The average molecular weight is 215 g/mol. The Morgan fingerprint density at radius 3 is 2.43 bits per heavy atom. The Balaban J connectivity index is 2.79. The van der Waals surface area contributed by atoms with Crippen LogP contribution in [0.2, 0.25) is 0 Å². The third kappa shape index (κ3) is 2.58. The minimum atomic E-state index is -4.62. The van der Waals surface area contributed by atoms with Crippen molar-refractivity contribution >= 4 is 13.3 Å². The van der Waals surface area contributed by atoms with E-state index in [0.717, 1.165) is 7.11 Å². The van der Waals surface area contributed by atoms with Crippen LogP contribution < -0.4 is 9.42 Å². The van der Waals surface area contributed by atoms with Crippen LogP contribution in [-0.2, 0) is 9.30 Å². The number of hydrogen-bond donors (Lipinski definition) is 0. The maximum Gasteiger partial charge on any atom is 0.389 e. The molecule has 0 fully saturated rings. The van der Waals surface area contributed by atoms with E-state index in [2.05, 4.69) is 9.26 Å². The summed E-state index contributed by atoms with van der Waals surface area (Å²) in [7, 11) is -3.64. The van der Waals surface area contributed by atoms with Crippen LogP contribution in [0.25, 0.3) is 0 Å². The number of carbonyl (C=O) groups excluding carboxylic acids is 1. The molecule has 0 aliphatic carbocycles. The van der Waals surface area contributed by atoms with Gasteiger partial charge < -0.3 is 14.2 Å². The zero-order chi connectivity index (χ0) is 10.6. The maximum atomic E-state index is 11.1. The first-order chi connectivity index (χ1) is 6.56. The van der Waals surface area contributed by atoms with Crippen molar-refractivity contribution in [1.29, 1.82) is 0 Å². The first-order valence-electron chi connectivity index (χ1n) is 3.70. The first-order valence-corrected chi connectivity index (χ1v) is 5.25. The van der Waals surface area contributed by atoms with Crippen LogP contribution in [0, 0.1) is 0 Å². The van der Waals surface area contributed by atoms with E-state index in [-0.39, 0.29) is 5.75 Å². The number of para-hydroxylation sites is 1. The quantitative estimate of drug-likeness (QED) is 0.712. The average Bonchev–Trinajstić information content (AvgIpc) is 2.17. The van der Waals surface area contributed by atoms with Crippen LogP contribution in [0.15, 0.2) is 30.3 Å². The van der Waals surface area contributed by atoms with Crippen LogP contribution in [0.5, 0.6) is 5.75 Å². The highest BCUT2D eigenvalue weighted by molar-refractivity contribution is 7.69. The summed E-state index contributed by atoms with van der Waals surface area (Å²) in [4.78, 5) is 21.8. The lowest BCUT2D eigenvalue weighted by Gasteiger charge is -2.20. The predicted octanol–water partition coefficient (Wildman–Crippen LogP) is 1.39. The van der Waals surface area contributed by atoms with Gasteiger partial charge in [-0.15, -0.1) is 0 Å². The number of methoxy groups -OCH3 is 1. The molecule has 1 rings (SSSR count). The molecule has 5 nitrogen and oxygen atoms in total. The van der Waals surface area contributed by atoms with Crippen molar-refractivity contribution in [2.75, 3.05) is 7.11 Å². The summed E-state index contributed by atoms with van der Waals surface area (Å²) in [6.45, 7) is 0. The maximum absolute atomic E-state index is 11.1. The minimum Gasteiger partial charge on any atom is -0.761 e. The van der Waals surface area contributed by atoms with E-state index < -0.39 is 13.3 Å². The summed E-state index contributed by atoms with van der Waals surface area (Å²) < 4.78 is 19.6. The molecule has 0 aliphatic rings. The van der Waals surface area contributed by atoms with Gasteiger partial charge in [0, 0.05) is 0 Å². The van der Waals surface area contributed by atoms with Crippen molar-refractivity contribution in [2.24, 2.45) is 0 Å². The van der Waals surface area contributed by atoms with Crippen molar-refractivity contribution in [1.82, 2.24) is 0 Å². The zero-order valence-corrected chi connectivity index (χ0v) is 8.27. The van der Waals surface area contributed by atoms with Gasteiger partial charge in [-0.3, -0.25) is 4.57 Å². The molecule has 76 valence electrons. The number of rotatable bonds is 3. The number of ether oxygens (including phenoxy) is 1. The van der Waals surface area contributed by atoms with E-state index in [0.29, 0.717) is 0 Å². The molecule has 6 heteroatoms. The van der Waals surface area contributed by atoms with Gasteiger partial charge in [-0.05, 0) is 12.1 Å². The highest BCUT2D eigenvalue weighted by Crippen LogP contribution is 2.39. The predicted molar refractivity (Wildman–Crippen MR) is 47.1 cm³/mol. The molecule has 0 saturated carbocycles. The normalized spacial score (nSPS) is 14.1. The Morgan fingerprint density at radius 2 is 1.93 bits per heavy atom. The molecule has 0 aliphatic heterocycles. The Kier molecular flexibility index (Phi) is 3.28. The smallest absolute Gasteiger partial charge is 0.389 e. The van der Waals surface area contributed by atoms with Gasteiger partial charge >= 0.3 is 5.71 Å². The van der Waals surface area contributed by atoms with Gasteiger partial charge in [0.2, 0.25) is 0 Å². The van der Waals surface area contributed by atoms with E-state index in [4.69, 9.17) is 0 Å². The standard InChI is InChI=1S/C8H9O5P/c1-12-8(9)14(10,11)13-7-5-3-2-4-6-7/h2-6H,1H3,(H,10,11)/p-1. The monoisotopic (exact) mass is 215 g/mol. The lowest BCUT2D eigenvalue weighted by atomic mass is 10.3. The number of benzene rings is 1. The second-order valence-corrected chi connectivity index (χ2v) is 3.91. The van der Waals surface area contributed by atoms with E-state index in [1.165, 1.54) is 12.1 Å². The summed E-state index contributed by atoms with van der Waals surface area (Å²) in [5, 5.41) is 0. The highest BCUT2D eigenvalue weighted by atomic mass is 31.2. The third-order valence-electron chi connectivity index (χ3n) is 1.37. The number of carbonyl (C=O) groups is 1. The SMILES string of the molecule is COC(=O)P(=O)([O-])Oc1ccccc1. The molecule has 0 amide bonds. The van der Waals surface area contributed by atoms with E-state index >= 15 is 0 Å². The Hall–Kier alpha value is -1.32. The summed E-state index contributed by atoms with van der Waals surface area (Å²) in [6, 6.07) is 7.72. The fourth-order valence-electron chi connectivity index (χ4n) is 0.769. The zero-order valence-electron chi connectivity index (χ0n) is 7.38. The van der Waals surface area contributed by atoms with Crippen LogP contribution in [0.1, 0.15) is 0 Å². The largest absolute Gasteiger partial charge is 0.761 e. The molecule has 1 aromatic rings. The summed E-state index contributed by atoms with van der Waals surface area (Å²) >= 11 is 0. The summed E-state index contributed by atoms with van der Waals surface area (Å²) in [5.74, 6) is 0.0798. The second-order valence-electron chi connectivity index (χ2n) is 2.37. The Morgan fingerprint density at radius 1 is 1.36 bits per heavy atom. The minimum absolute atomic E-state index is 0.0798. The van der Waals surface area contributed by atoms with Crippen molar-refractivity contribution in [3.8, 4) is 5.75 Å². The highest BCUT2D eigenvalue weighted by Gasteiger charge is 2.22. The lowest BCUT2D eigenvalue weighted by molar-refractivity contribution is -0.188. The molecule has 0 N–H and O–H groups in total. The molecule has 1 aromatic carbocycles. The number of hydrogen-bond acceptors (Lipinski definition) is 5. The molecule has 1 unspecified atom stereocenters. The molecule has 0 radical (unpaired) electrons. The topological polar surface area (TPSA) is 75.7 Å². The Bertz CT molecular complexity index is 361. The van der Waals surface area contributed by atoms with Gasteiger partial charge in [-0.25, -0.2) is 4.79 Å². The van der Waals surface area contributed by atoms with Crippen molar-refractivity contribution in [2.45, 2.75) is 0 Å². The van der Waals surface area contributed by atoms with E-state index in [1.807, 2.05) is 0 Å². The second kappa shape index (κ2) is 4.26. The molecule has 0 aromatic heterocycles. The van der Waals surface area contributed by atoms with Crippen molar-refractivity contribution in [3.05, 3.63) is 30.3 Å². The fraction of sp³-hybridized carbons (Fsp3) is 0.125. The van der Waals surface area contributed by atoms with Crippen LogP contribution in [-0.4, -0.2) is 12.8 Å².